The van der Waals surface area contributed by atoms with E-state index >= 15 is 0 Å². The fourth-order valence-electron chi connectivity index (χ4n) is 3.80. The van der Waals surface area contributed by atoms with Gasteiger partial charge in [0.25, 0.3) is 0 Å². The third-order valence-electron chi connectivity index (χ3n) is 5.03. The van der Waals surface area contributed by atoms with E-state index in [1.54, 1.807) is 6.07 Å². The van der Waals surface area contributed by atoms with Crippen LogP contribution in [0.3, 0.4) is 0 Å². The summed E-state index contributed by atoms with van der Waals surface area (Å²) in [6, 6.07) is 10.7. The Balaban J connectivity index is 1.75. The summed E-state index contributed by atoms with van der Waals surface area (Å²) >= 11 is 0. The predicted octanol–water partition coefficient (Wildman–Crippen LogP) is 3.31. The molecule has 0 saturated carbocycles. The molecule has 2 aliphatic rings. The fourth-order valence-corrected chi connectivity index (χ4v) is 3.80. The molecule has 2 aromatic carbocycles. The van der Waals surface area contributed by atoms with Crippen LogP contribution in [0.1, 0.15) is 29.0 Å². The first-order valence-electron chi connectivity index (χ1n) is 8.78. The molecular weight excluding hydrogens is 348 g/mol. The highest BCUT2D eigenvalue weighted by molar-refractivity contribution is 5.90. The molecule has 1 aromatic heterocycles. The van der Waals surface area contributed by atoms with E-state index in [0.717, 1.165) is 16.5 Å². The average Bonchev–Trinajstić information content (AvgIpc) is 2.66. The van der Waals surface area contributed by atoms with Crippen LogP contribution in [0.2, 0.25) is 0 Å². The lowest BCUT2D eigenvalue weighted by Crippen LogP contribution is -2.22. The van der Waals surface area contributed by atoms with Crippen molar-refractivity contribution in [2.45, 2.75) is 19.3 Å². The van der Waals surface area contributed by atoms with Crippen molar-refractivity contribution in [1.82, 2.24) is 0 Å². The highest BCUT2D eigenvalue weighted by atomic mass is 16.6. The third-order valence-corrected chi connectivity index (χ3v) is 5.03. The van der Waals surface area contributed by atoms with E-state index in [1.807, 2.05) is 31.2 Å². The largest absolute Gasteiger partial charge is 0.486 e. The normalized spacial score (nSPS) is 18.1. The second-order valence-electron chi connectivity index (χ2n) is 6.74. The Morgan fingerprint density at radius 3 is 2.56 bits per heavy atom. The Kier molecular flexibility index (Phi) is 3.47. The van der Waals surface area contributed by atoms with Gasteiger partial charge >= 0.3 is 11.6 Å². The van der Waals surface area contributed by atoms with Gasteiger partial charge in [-0.3, -0.25) is 4.79 Å². The molecule has 5 rings (SSSR count). The van der Waals surface area contributed by atoms with Crippen LogP contribution >= 0.6 is 0 Å². The summed E-state index contributed by atoms with van der Waals surface area (Å²) in [6.45, 7) is 2.86. The summed E-state index contributed by atoms with van der Waals surface area (Å²) in [5, 5.41) is 0.828. The molecule has 3 heterocycles. The molecule has 0 unspecified atom stereocenters. The molecular formula is C21H16O6. The molecule has 0 aliphatic carbocycles. The van der Waals surface area contributed by atoms with E-state index in [1.165, 1.54) is 6.07 Å². The van der Waals surface area contributed by atoms with Crippen molar-refractivity contribution in [2.75, 3.05) is 13.2 Å². The fraction of sp³-hybridized carbons (Fsp3) is 0.238. The molecule has 0 fully saturated rings. The van der Waals surface area contributed by atoms with Crippen molar-refractivity contribution in [1.29, 1.82) is 0 Å². The number of hydrogen-bond donors (Lipinski definition) is 0. The minimum Gasteiger partial charge on any atom is -0.486 e. The third kappa shape index (κ3) is 2.56. The zero-order valence-electron chi connectivity index (χ0n) is 14.6. The molecule has 136 valence electrons. The van der Waals surface area contributed by atoms with Crippen molar-refractivity contribution in [3.8, 4) is 17.2 Å². The Morgan fingerprint density at radius 2 is 1.70 bits per heavy atom. The van der Waals surface area contributed by atoms with Gasteiger partial charge in [-0.15, -0.1) is 0 Å². The first-order valence-corrected chi connectivity index (χ1v) is 8.78. The lowest BCUT2D eigenvalue weighted by Gasteiger charge is -2.27. The van der Waals surface area contributed by atoms with Gasteiger partial charge in [0, 0.05) is 22.9 Å². The Morgan fingerprint density at radius 1 is 0.926 bits per heavy atom. The molecule has 3 aromatic rings. The zero-order chi connectivity index (χ0) is 18.5. The molecule has 6 heteroatoms. The average molecular weight is 364 g/mol. The van der Waals surface area contributed by atoms with Crippen molar-refractivity contribution >= 4 is 16.9 Å². The SMILES string of the molecule is Cc1cc(=O)oc2c3c(ccc12)OC(=O)C[C@@H]3c1ccc2c(c1)OCCO2. The summed E-state index contributed by atoms with van der Waals surface area (Å²) in [4.78, 5) is 24.2. The monoisotopic (exact) mass is 364 g/mol. The highest BCUT2D eigenvalue weighted by Crippen LogP contribution is 2.45. The molecule has 2 aliphatic heterocycles. The lowest BCUT2D eigenvalue weighted by molar-refractivity contribution is -0.135. The van der Waals surface area contributed by atoms with E-state index in [9.17, 15) is 9.59 Å². The first-order chi connectivity index (χ1) is 13.1. The second-order valence-corrected chi connectivity index (χ2v) is 6.74. The van der Waals surface area contributed by atoms with Crippen LogP contribution in [-0.4, -0.2) is 19.2 Å². The predicted molar refractivity (Wildman–Crippen MR) is 96.7 cm³/mol. The second kappa shape index (κ2) is 5.87. The van der Waals surface area contributed by atoms with Gasteiger partial charge in [-0.25, -0.2) is 4.79 Å². The zero-order valence-corrected chi connectivity index (χ0v) is 14.6. The smallest absolute Gasteiger partial charge is 0.336 e. The quantitative estimate of drug-likeness (QED) is 0.375. The van der Waals surface area contributed by atoms with Gasteiger partial charge < -0.3 is 18.6 Å². The van der Waals surface area contributed by atoms with Crippen molar-refractivity contribution < 1.29 is 23.4 Å². The van der Waals surface area contributed by atoms with Crippen LogP contribution in [0.5, 0.6) is 17.2 Å². The summed E-state index contributed by atoms with van der Waals surface area (Å²) in [6.07, 6.45) is 0.156. The molecule has 0 radical (unpaired) electrons. The van der Waals surface area contributed by atoms with E-state index in [2.05, 4.69) is 0 Å². The van der Waals surface area contributed by atoms with Crippen LogP contribution < -0.4 is 19.8 Å². The number of carbonyl (C=O) groups excluding carboxylic acids is 1. The Hall–Kier alpha value is -3.28. The summed E-state index contributed by atoms with van der Waals surface area (Å²) in [5.41, 5.74) is 2.45. The number of fused-ring (bicyclic) bond motifs is 4. The lowest BCUT2D eigenvalue weighted by atomic mass is 9.85. The number of aryl methyl sites for hydroxylation is 1. The molecule has 0 saturated heterocycles. The molecule has 0 N–H and O–H groups in total. The van der Waals surface area contributed by atoms with Gasteiger partial charge in [-0.2, -0.15) is 0 Å². The van der Waals surface area contributed by atoms with Gasteiger partial charge in [0.05, 0.1) is 6.42 Å². The summed E-state index contributed by atoms with van der Waals surface area (Å²) in [5.74, 6) is 1.14. The van der Waals surface area contributed by atoms with Crippen molar-refractivity contribution in [2.24, 2.45) is 0 Å². The number of hydrogen-bond acceptors (Lipinski definition) is 6. The maximum atomic E-state index is 12.2. The molecule has 0 spiro atoms. The topological polar surface area (TPSA) is 75.0 Å². The van der Waals surface area contributed by atoms with Crippen LogP contribution in [0.15, 0.2) is 45.6 Å². The van der Waals surface area contributed by atoms with Crippen LogP contribution in [0.4, 0.5) is 0 Å². The Labute approximate surface area is 154 Å². The molecule has 6 nitrogen and oxygen atoms in total. The number of carbonyl (C=O) groups is 1. The minimum absolute atomic E-state index is 0.156. The Bertz CT molecular complexity index is 1140. The van der Waals surface area contributed by atoms with E-state index in [-0.39, 0.29) is 18.3 Å². The summed E-state index contributed by atoms with van der Waals surface area (Å²) in [7, 11) is 0. The maximum Gasteiger partial charge on any atom is 0.336 e. The maximum absolute atomic E-state index is 12.2. The van der Waals surface area contributed by atoms with Crippen LogP contribution in [0.25, 0.3) is 11.0 Å². The molecule has 0 bridgehead atoms. The minimum atomic E-state index is -0.425. The summed E-state index contributed by atoms with van der Waals surface area (Å²) < 4.78 is 22.2. The van der Waals surface area contributed by atoms with Gasteiger partial charge in [0.2, 0.25) is 0 Å². The van der Waals surface area contributed by atoms with E-state index in [4.69, 9.17) is 18.6 Å². The molecule has 0 amide bonds. The highest BCUT2D eigenvalue weighted by Gasteiger charge is 2.32. The first kappa shape index (κ1) is 15.9. The molecule has 27 heavy (non-hydrogen) atoms. The van der Waals surface area contributed by atoms with Gasteiger partial charge in [-0.1, -0.05) is 6.07 Å². The van der Waals surface area contributed by atoms with E-state index in [0.29, 0.717) is 41.6 Å². The van der Waals surface area contributed by atoms with Crippen molar-refractivity contribution in [3.63, 3.8) is 0 Å². The number of ether oxygens (including phenoxy) is 3. The standard InChI is InChI=1S/C21H16O6/c1-11-8-18(22)27-21-13(11)3-5-16-20(21)14(10-19(23)26-16)12-2-4-15-17(9-12)25-7-6-24-15/h2-5,8-9,14H,6-7,10H2,1H3/t14-/m1/s1. The van der Waals surface area contributed by atoms with Gasteiger partial charge in [-0.05, 0) is 42.3 Å². The van der Waals surface area contributed by atoms with E-state index < -0.39 is 5.63 Å². The van der Waals surface area contributed by atoms with Crippen LogP contribution in [0, 0.1) is 6.92 Å². The molecule has 1 atom stereocenters. The van der Waals surface area contributed by atoms with Crippen LogP contribution in [-0.2, 0) is 4.79 Å². The van der Waals surface area contributed by atoms with Gasteiger partial charge in [0.1, 0.15) is 24.5 Å². The number of rotatable bonds is 1. The van der Waals surface area contributed by atoms with Crippen molar-refractivity contribution in [3.05, 3.63) is 63.5 Å². The van der Waals surface area contributed by atoms with Gasteiger partial charge in [0.15, 0.2) is 11.5 Å². The number of benzene rings is 2. The number of esters is 1.